The van der Waals surface area contributed by atoms with Crippen LogP contribution < -0.4 is 10.1 Å². The van der Waals surface area contributed by atoms with E-state index in [1.54, 1.807) is 32.0 Å². The van der Waals surface area contributed by atoms with E-state index in [4.69, 9.17) is 51.1 Å². The number of rotatable bonds is 5. The molecule has 0 saturated carbocycles. The highest BCUT2D eigenvalue weighted by molar-refractivity contribution is 6.42. The number of para-hydroxylation sites is 2. The Kier molecular flexibility index (Phi) is 6.54. The fourth-order valence-electron chi connectivity index (χ4n) is 3.24. The molecule has 5 nitrogen and oxygen atoms in total. The van der Waals surface area contributed by atoms with Crippen molar-refractivity contribution in [2.45, 2.75) is 13.8 Å². The van der Waals surface area contributed by atoms with Gasteiger partial charge in [-0.2, -0.15) is 0 Å². The van der Waals surface area contributed by atoms with E-state index in [1.165, 1.54) is 0 Å². The van der Waals surface area contributed by atoms with Crippen LogP contribution in [0.4, 0.5) is 5.69 Å². The van der Waals surface area contributed by atoms with Crippen LogP contribution in [0.2, 0.25) is 20.1 Å². The van der Waals surface area contributed by atoms with Crippen LogP contribution in [0.5, 0.6) is 5.75 Å². The average molecular weight is 509 g/mol. The standard InChI is InChI=1S/C23H17Cl4N3O2/c1-11-19(25)12(2)21(27)22(20(11)26)32-10-18(31)28-13-7-8-15(24)14(9-13)23-29-16-5-3-4-6-17(16)30-23/h3-9H,10H2,1-2H3,(H,28,31)(H,29,30). The van der Waals surface area contributed by atoms with E-state index in [-0.39, 0.29) is 28.3 Å². The molecule has 1 aromatic heterocycles. The van der Waals surface area contributed by atoms with Crippen molar-refractivity contribution in [3.63, 3.8) is 0 Å². The van der Waals surface area contributed by atoms with E-state index in [9.17, 15) is 4.79 Å². The van der Waals surface area contributed by atoms with E-state index < -0.39 is 0 Å². The maximum Gasteiger partial charge on any atom is 0.262 e. The molecule has 0 aliphatic rings. The predicted molar refractivity (Wildman–Crippen MR) is 132 cm³/mol. The monoisotopic (exact) mass is 507 g/mol. The number of carbonyl (C=O) groups is 1. The fourth-order valence-corrected chi connectivity index (χ4v) is 4.27. The van der Waals surface area contributed by atoms with Gasteiger partial charge in [0.2, 0.25) is 0 Å². The summed E-state index contributed by atoms with van der Waals surface area (Å²) in [4.78, 5) is 20.3. The van der Waals surface area contributed by atoms with Crippen molar-refractivity contribution < 1.29 is 9.53 Å². The first kappa shape index (κ1) is 22.7. The number of amides is 1. The van der Waals surface area contributed by atoms with Crippen molar-refractivity contribution in [1.82, 2.24) is 9.97 Å². The number of imidazole rings is 1. The molecule has 0 saturated heterocycles. The predicted octanol–water partition coefficient (Wildman–Crippen LogP) is 7.48. The van der Waals surface area contributed by atoms with Crippen molar-refractivity contribution in [3.05, 3.63) is 73.7 Å². The van der Waals surface area contributed by atoms with Gasteiger partial charge >= 0.3 is 0 Å². The Morgan fingerprint density at radius 2 is 1.69 bits per heavy atom. The lowest BCUT2D eigenvalue weighted by molar-refractivity contribution is -0.118. The number of anilines is 1. The van der Waals surface area contributed by atoms with Gasteiger partial charge in [0.05, 0.1) is 26.1 Å². The summed E-state index contributed by atoms with van der Waals surface area (Å²) in [5.74, 6) is 0.441. The molecule has 0 bridgehead atoms. The summed E-state index contributed by atoms with van der Waals surface area (Å²) in [7, 11) is 0. The summed E-state index contributed by atoms with van der Waals surface area (Å²) in [6, 6.07) is 12.8. The molecule has 0 radical (unpaired) electrons. The highest BCUT2D eigenvalue weighted by Crippen LogP contribution is 2.42. The van der Waals surface area contributed by atoms with Gasteiger partial charge in [-0.1, -0.05) is 58.5 Å². The van der Waals surface area contributed by atoms with Gasteiger partial charge in [0.15, 0.2) is 12.4 Å². The van der Waals surface area contributed by atoms with Crippen LogP contribution in [0, 0.1) is 13.8 Å². The summed E-state index contributed by atoms with van der Waals surface area (Å²) < 4.78 is 5.62. The first-order valence-corrected chi connectivity index (χ1v) is 11.1. The topological polar surface area (TPSA) is 67.0 Å². The summed E-state index contributed by atoms with van der Waals surface area (Å²) in [5, 5.41) is 4.31. The zero-order chi connectivity index (χ0) is 23.0. The van der Waals surface area contributed by atoms with Crippen molar-refractivity contribution in [2.75, 3.05) is 11.9 Å². The van der Waals surface area contributed by atoms with Crippen LogP contribution >= 0.6 is 46.4 Å². The number of carbonyl (C=O) groups excluding carboxylic acids is 1. The number of aromatic amines is 1. The largest absolute Gasteiger partial charge is 0.481 e. The molecule has 0 atom stereocenters. The fraction of sp³-hybridized carbons (Fsp3) is 0.130. The minimum atomic E-state index is -0.389. The lowest BCUT2D eigenvalue weighted by Crippen LogP contribution is -2.20. The summed E-state index contributed by atoms with van der Waals surface area (Å²) in [6.07, 6.45) is 0. The van der Waals surface area contributed by atoms with Crippen LogP contribution in [0.15, 0.2) is 42.5 Å². The molecule has 4 rings (SSSR count). The van der Waals surface area contributed by atoms with Gasteiger partial charge in [0, 0.05) is 16.3 Å². The number of H-pyrrole nitrogens is 1. The van der Waals surface area contributed by atoms with Crippen LogP contribution in [-0.2, 0) is 4.79 Å². The Labute approximate surface area is 204 Å². The third-order valence-corrected chi connectivity index (χ3v) is 6.76. The van der Waals surface area contributed by atoms with Crippen molar-refractivity contribution in [1.29, 1.82) is 0 Å². The molecule has 3 aromatic carbocycles. The summed E-state index contributed by atoms with van der Waals surface area (Å²) in [6.45, 7) is 3.23. The SMILES string of the molecule is Cc1c(Cl)c(C)c(Cl)c(OCC(=O)Nc2ccc(Cl)c(-c3nc4ccccc4[nH]3)c2)c1Cl. The average Bonchev–Trinajstić information content (AvgIpc) is 3.21. The van der Waals surface area contributed by atoms with Gasteiger partial charge in [-0.3, -0.25) is 4.79 Å². The third-order valence-electron chi connectivity index (χ3n) is 4.96. The highest BCUT2D eigenvalue weighted by Gasteiger charge is 2.19. The lowest BCUT2D eigenvalue weighted by Gasteiger charge is -2.15. The van der Waals surface area contributed by atoms with E-state index in [0.717, 1.165) is 11.0 Å². The van der Waals surface area contributed by atoms with Crippen LogP contribution in [0.3, 0.4) is 0 Å². The molecular formula is C23H17Cl4N3O2. The van der Waals surface area contributed by atoms with Crippen molar-refractivity contribution in [3.8, 4) is 17.1 Å². The molecule has 32 heavy (non-hydrogen) atoms. The molecule has 2 N–H and O–H groups in total. The number of ether oxygens (including phenoxy) is 1. The maximum absolute atomic E-state index is 12.5. The first-order valence-electron chi connectivity index (χ1n) is 9.57. The van der Waals surface area contributed by atoms with Crippen molar-refractivity contribution >= 4 is 69.0 Å². The lowest BCUT2D eigenvalue weighted by atomic mass is 10.1. The first-order chi connectivity index (χ1) is 15.3. The minimum absolute atomic E-state index is 0.224. The highest BCUT2D eigenvalue weighted by atomic mass is 35.5. The van der Waals surface area contributed by atoms with Gasteiger partial charge < -0.3 is 15.0 Å². The molecule has 164 valence electrons. The molecule has 0 aliphatic carbocycles. The number of hydrogen-bond donors (Lipinski definition) is 2. The molecule has 0 fully saturated rings. The van der Waals surface area contributed by atoms with E-state index in [2.05, 4.69) is 15.3 Å². The van der Waals surface area contributed by atoms with Gasteiger partial charge in [0.25, 0.3) is 5.91 Å². The maximum atomic E-state index is 12.5. The minimum Gasteiger partial charge on any atom is -0.481 e. The molecule has 1 heterocycles. The quantitative estimate of drug-likeness (QED) is 0.293. The number of fused-ring (bicyclic) bond motifs is 1. The van der Waals surface area contributed by atoms with Gasteiger partial charge in [-0.15, -0.1) is 0 Å². The Morgan fingerprint density at radius 1 is 1.00 bits per heavy atom. The van der Waals surface area contributed by atoms with E-state index >= 15 is 0 Å². The number of aromatic nitrogens is 2. The van der Waals surface area contributed by atoms with E-state index in [1.807, 2.05) is 24.3 Å². The number of halogens is 4. The molecular weight excluding hydrogens is 492 g/mol. The van der Waals surface area contributed by atoms with Gasteiger partial charge in [-0.05, 0) is 55.3 Å². The van der Waals surface area contributed by atoms with Crippen LogP contribution in [0.1, 0.15) is 11.1 Å². The zero-order valence-corrected chi connectivity index (χ0v) is 20.0. The zero-order valence-electron chi connectivity index (χ0n) is 17.0. The second-order valence-electron chi connectivity index (χ2n) is 7.16. The summed E-state index contributed by atoms with van der Waals surface area (Å²) in [5.41, 5.74) is 4.20. The normalized spacial score (nSPS) is 11.1. The second kappa shape index (κ2) is 9.20. The van der Waals surface area contributed by atoms with E-state index in [0.29, 0.717) is 38.2 Å². The molecule has 4 aromatic rings. The second-order valence-corrected chi connectivity index (χ2v) is 8.70. The number of nitrogens with zero attached hydrogens (tertiary/aromatic N) is 1. The smallest absolute Gasteiger partial charge is 0.262 e. The molecule has 1 amide bonds. The summed E-state index contributed by atoms with van der Waals surface area (Å²) >= 11 is 25.2. The van der Waals surface area contributed by atoms with Gasteiger partial charge in [-0.25, -0.2) is 4.98 Å². The number of hydrogen-bond acceptors (Lipinski definition) is 3. The third kappa shape index (κ3) is 4.39. The van der Waals surface area contributed by atoms with Crippen molar-refractivity contribution in [2.24, 2.45) is 0 Å². The van der Waals surface area contributed by atoms with Crippen LogP contribution in [0.25, 0.3) is 22.4 Å². The molecule has 0 aliphatic heterocycles. The molecule has 0 spiro atoms. The Balaban J connectivity index is 1.52. The number of nitrogens with one attached hydrogen (secondary N) is 2. The Hall–Kier alpha value is -2.44. The number of benzene rings is 3. The van der Waals surface area contributed by atoms with Crippen LogP contribution in [-0.4, -0.2) is 22.5 Å². The molecule has 0 unspecified atom stereocenters. The Morgan fingerprint density at radius 3 is 2.38 bits per heavy atom. The Bertz CT molecular complexity index is 1290. The molecule has 9 heteroatoms. The van der Waals surface area contributed by atoms with Gasteiger partial charge in [0.1, 0.15) is 5.82 Å².